The SMILES string of the molecule is O=C(NC1CCCCCC1)c1cccc(S(=O)(=O)NC2CC2)c1. The van der Waals surface area contributed by atoms with Crippen molar-refractivity contribution in [1.82, 2.24) is 10.0 Å². The molecule has 0 heterocycles. The van der Waals surface area contributed by atoms with Crippen LogP contribution >= 0.6 is 0 Å². The summed E-state index contributed by atoms with van der Waals surface area (Å²) in [5, 5.41) is 3.05. The molecular weight excluding hydrogens is 312 g/mol. The smallest absolute Gasteiger partial charge is 0.251 e. The highest BCUT2D eigenvalue weighted by molar-refractivity contribution is 7.89. The van der Waals surface area contributed by atoms with Crippen molar-refractivity contribution in [2.24, 2.45) is 0 Å². The average molecular weight is 336 g/mol. The maximum Gasteiger partial charge on any atom is 0.251 e. The molecule has 0 spiro atoms. The largest absolute Gasteiger partial charge is 0.349 e. The lowest BCUT2D eigenvalue weighted by atomic mass is 10.1. The minimum Gasteiger partial charge on any atom is -0.349 e. The Balaban J connectivity index is 1.69. The van der Waals surface area contributed by atoms with Gasteiger partial charge in [-0.3, -0.25) is 4.79 Å². The molecule has 0 atom stereocenters. The van der Waals surface area contributed by atoms with E-state index in [9.17, 15) is 13.2 Å². The number of hydrogen-bond acceptors (Lipinski definition) is 3. The van der Waals surface area contributed by atoms with Crippen molar-refractivity contribution < 1.29 is 13.2 Å². The summed E-state index contributed by atoms with van der Waals surface area (Å²) < 4.78 is 27.1. The lowest BCUT2D eigenvalue weighted by Gasteiger charge is -2.16. The Morgan fingerprint density at radius 2 is 1.65 bits per heavy atom. The van der Waals surface area contributed by atoms with Gasteiger partial charge in [0.2, 0.25) is 10.0 Å². The zero-order valence-electron chi connectivity index (χ0n) is 13.3. The first-order valence-electron chi connectivity index (χ1n) is 8.48. The highest BCUT2D eigenvalue weighted by Crippen LogP contribution is 2.23. The Morgan fingerprint density at radius 3 is 2.30 bits per heavy atom. The van der Waals surface area contributed by atoms with Crippen molar-refractivity contribution in [2.45, 2.75) is 68.3 Å². The summed E-state index contributed by atoms with van der Waals surface area (Å²) >= 11 is 0. The molecule has 2 aliphatic carbocycles. The first kappa shape index (κ1) is 16.5. The molecule has 2 fully saturated rings. The summed E-state index contributed by atoms with van der Waals surface area (Å²) in [6.45, 7) is 0. The predicted molar refractivity (Wildman–Crippen MR) is 88.7 cm³/mol. The van der Waals surface area contributed by atoms with Crippen LogP contribution in [0.5, 0.6) is 0 Å². The molecule has 0 unspecified atom stereocenters. The minimum absolute atomic E-state index is 0.0588. The molecule has 0 bridgehead atoms. The van der Waals surface area contributed by atoms with E-state index in [0.717, 1.165) is 38.5 Å². The van der Waals surface area contributed by atoms with Crippen LogP contribution in [0.15, 0.2) is 29.2 Å². The van der Waals surface area contributed by atoms with Gasteiger partial charge in [0.1, 0.15) is 0 Å². The van der Waals surface area contributed by atoms with Crippen LogP contribution in [-0.4, -0.2) is 26.4 Å². The molecule has 2 N–H and O–H groups in total. The second-order valence-corrected chi connectivity index (χ2v) is 8.30. The van der Waals surface area contributed by atoms with Crippen molar-refractivity contribution in [3.8, 4) is 0 Å². The molecule has 6 heteroatoms. The number of benzene rings is 1. The first-order chi connectivity index (χ1) is 11.0. The molecule has 0 aliphatic heterocycles. The number of nitrogens with one attached hydrogen (secondary N) is 2. The maximum atomic E-state index is 12.4. The number of hydrogen-bond donors (Lipinski definition) is 2. The molecule has 23 heavy (non-hydrogen) atoms. The Labute approximate surface area is 137 Å². The quantitative estimate of drug-likeness (QED) is 0.812. The Kier molecular flexibility index (Phi) is 5.02. The van der Waals surface area contributed by atoms with Crippen LogP contribution in [0.4, 0.5) is 0 Å². The van der Waals surface area contributed by atoms with E-state index in [1.807, 2.05) is 0 Å². The fourth-order valence-corrected chi connectivity index (χ4v) is 4.34. The Hall–Kier alpha value is -1.40. The predicted octanol–water partition coefficient (Wildman–Crippen LogP) is 2.58. The zero-order chi connectivity index (χ0) is 16.3. The second-order valence-electron chi connectivity index (χ2n) is 6.59. The van der Waals surface area contributed by atoms with E-state index in [1.165, 1.54) is 25.0 Å². The highest BCUT2D eigenvalue weighted by atomic mass is 32.2. The number of carbonyl (C=O) groups excluding carboxylic acids is 1. The van der Waals surface area contributed by atoms with Crippen LogP contribution in [0.1, 0.15) is 61.7 Å². The molecule has 3 rings (SSSR count). The summed E-state index contributed by atoms with van der Waals surface area (Å²) in [5.41, 5.74) is 0.410. The summed E-state index contributed by atoms with van der Waals surface area (Å²) in [4.78, 5) is 12.6. The standard InChI is InChI=1S/C17H24N2O3S/c20-17(18-14-7-3-1-2-4-8-14)13-6-5-9-16(12-13)23(21,22)19-15-10-11-15/h5-6,9,12,14-15,19H,1-4,7-8,10-11H2,(H,18,20). The van der Waals surface area contributed by atoms with Gasteiger partial charge in [0.05, 0.1) is 4.90 Å². The van der Waals surface area contributed by atoms with Gasteiger partial charge < -0.3 is 5.32 Å². The third-order valence-corrected chi connectivity index (χ3v) is 6.01. The van der Waals surface area contributed by atoms with Crippen molar-refractivity contribution in [1.29, 1.82) is 0 Å². The van der Waals surface area contributed by atoms with Crippen LogP contribution in [0.2, 0.25) is 0 Å². The summed E-state index contributed by atoms with van der Waals surface area (Å²) in [7, 11) is -3.52. The van der Waals surface area contributed by atoms with E-state index in [0.29, 0.717) is 5.56 Å². The average Bonchev–Trinajstić information content (AvgIpc) is 3.35. The van der Waals surface area contributed by atoms with E-state index in [2.05, 4.69) is 10.0 Å². The fraction of sp³-hybridized carbons (Fsp3) is 0.588. The van der Waals surface area contributed by atoms with Gasteiger partial charge >= 0.3 is 0 Å². The zero-order valence-corrected chi connectivity index (χ0v) is 14.1. The summed E-state index contributed by atoms with van der Waals surface area (Å²) in [5.74, 6) is -0.180. The Bertz CT molecular complexity index is 660. The van der Waals surface area contributed by atoms with Crippen LogP contribution in [-0.2, 0) is 10.0 Å². The molecule has 2 saturated carbocycles. The van der Waals surface area contributed by atoms with Crippen LogP contribution in [0.25, 0.3) is 0 Å². The summed E-state index contributed by atoms with van der Waals surface area (Å²) in [6.07, 6.45) is 8.54. The lowest BCUT2D eigenvalue weighted by Crippen LogP contribution is -2.34. The molecule has 2 aliphatic rings. The molecule has 0 aromatic heterocycles. The molecule has 0 saturated heterocycles. The number of carbonyl (C=O) groups is 1. The van der Waals surface area contributed by atoms with E-state index in [4.69, 9.17) is 0 Å². The molecular formula is C17H24N2O3S. The molecule has 1 aromatic carbocycles. The van der Waals surface area contributed by atoms with Gasteiger partial charge in [-0.2, -0.15) is 0 Å². The normalized spacial score (nSPS) is 20.0. The highest BCUT2D eigenvalue weighted by Gasteiger charge is 2.28. The van der Waals surface area contributed by atoms with Gasteiger partial charge in [-0.25, -0.2) is 13.1 Å². The monoisotopic (exact) mass is 336 g/mol. The van der Waals surface area contributed by atoms with Crippen LogP contribution in [0.3, 0.4) is 0 Å². The van der Waals surface area contributed by atoms with E-state index < -0.39 is 10.0 Å². The van der Waals surface area contributed by atoms with Gasteiger partial charge in [-0.1, -0.05) is 31.7 Å². The molecule has 5 nitrogen and oxygen atoms in total. The van der Waals surface area contributed by atoms with Gasteiger partial charge in [-0.05, 0) is 43.9 Å². The third kappa shape index (κ3) is 4.54. The molecule has 1 amide bonds. The summed E-state index contributed by atoms with van der Waals surface area (Å²) in [6, 6.07) is 6.56. The number of sulfonamides is 1. The van der Waals surface area contributed by atoms with Crippen LogP contribution in [0, 0.1) is 0 Å². The fourth-order valence-electron chi connectivity index (χ4n) is 2.99. The number of amides is 1. The van der Waals surface area contributed by atoms with E-state index in [1.54, 1.807) is 12.1 Å². The van der Waals surface area contributed by atoms with Gasteiger partial charge in [0.15, 0.2) is 0 Å². The van der Waals surface area contributed by atoms with Gasteiger partial charge in [0.25, 0.3) is 5.91 Å². The lowest BCUT2D eigenvalue weighted by molar-refractivity contribution is 0.0933. The Morgan fingerprint density at radius 1 is 0.957 bits per heavy atom. The second kappa shape index (κ2) is 7.01. The maximum absolute atomic E-state index is 12.4. The van der Waals surface area contributed by atoms with Crippen molar-refractivity contribution in [2.75, 3.05) is 0 Å². The third-order valence-electron chi connectivity index (χ3n) is 4.50. The molecule has 0 radical (unpaired) electrons. The first-order valence-corrected chi connectivity index (χ1v) is 9.96. The molecule has 1 aromatic rings. The van der Waals surface area contributed by atoms with Crippen molar-refractivity contribution in [3.05, 3.63) is 29.8 Å². The van der Waals surface area contributed by atoms with Crippen molar-refractivity contribution in [3.63, 3.8) is 0 Å². The van der Waals surface area contributed by atoms with E-state index >= 15 is 0 Å². The number of rotatable bonds is 5. The minimum atomic E-state index is -3.52. The topological polar surface area (TPSA) is 75.3 Å². The van der Waals surface area contributed by atoms with Gasteiger partial charge in [-0.15, -0.1) is 0 Å². The van der Waals surface area contributed by atoms with Crippen LogP contribution < -0.4 is 10.0 Å². The molecule has 126 valence electrons. The van der Waals surface area contributed by atoms with Crippen molar-refractivity contribution >= 4 is 15.9 Å². The van der Waals surface area contributed by atoms with Gasteiger partial charge in [0, 0.05) is 17.6 Å². The van der Waals surface area contributed by atoms with E-state index in [-0.39, 0.29) is 22.9 Å².